The van der Waals surface area contributed by atoms with E-state index in [1.54, 1.807) is 12.1 Å². The third-order valence-electron chi connectivity index (χ3n) is 3.17. The minimum Gasteiger partial charge on any atom is -0.454 e. The molecule has 0 fully saturated rings. The first kappa shape index (κ1) is 16.4. The first-order valence-corrected chi connectivity index (χ1v) is 7.55. The van der Waals surface area contributed by atoms with E-state index in [1.165, 1.54) is 12.1 Å². The predicted octanol–water partition coefficient (Wildman–Crippen LogP) is 4.19. The Morgan fingerprint density at radius 2 is 1.82 bits per heavy atom. The van der Waals surface area contributed by atoms with Crippen molar-refractivity contribution in [2.45, 2.75) is 13.3 Å². The maximum atomic E-state index is 13.0. The van der Waals surface area contributed by atoms with Crippen LogP contribution in [0.15, 0.2) is 46.9 Å². The van der Waals surface area contributed by atoms with Gasteiger partial charge in [-0.25, -0.2) is 9.18 Å². The molecule has 0 saturated heterocycles. The molecule has 0 bridgehead atoms. The summed E-state index contributed by atoms with van der Waals surface area (Å²) in [6, 6.07) is 10.8. The molecular formula is C17H14BrFO3. The van der Waals surface area contributed by atoms with Crippen LogP contribution in [0.2, 0.25) is 0 Å². The summed E-state index contributed by atoms with van der Waals surface area (Å²) in [5.41, 5.74) is 1.79. The van der Waals surface area contributed by atoms with Crippen LogP contribution in [-0.4, -0.2) is 18.4 Å². The molecule has 0 radical (unpaired) electrons. The van der Waals surface area contributed by atoms with Gasteiger partial charge in [0, 0.05) is 10.0 Å². The summed E-state index contributed by atoms with van der Waals surface area (Å²) in [6.07, 6.45) is 0.891. The highest BCUT2D eigenvalue weighted by Gasteiger charge is 2.15. The normalized spacial score (nSPS) is 10.3. The fourth-order valence-electron chi connectivity index (χ4n) is 1.87. The van der Waals surface area contributed by atoms with Crippen LogP contribution in [0.3, 0.4) is 0 Å². The summed E-state index contributed by atoms with van der Waals surface area (Å²) >= 11 is 3.09. The Balaban J connectivity index is 1.99. The summed E-state index contributed by atoms with van der Waals surface area (Å²) in [7, 11) is 0. The second-order valence-electron chi connectivity index (χ2n) is 4.67. The van der Waals surface area contributed by atoms with Crippen LogP contribution in [0.25, 0.3) is 0 Å². The van der Waals surface area contributed by atoms with Gasteiger partial charge in [0.2, 0.25) is 0 Å². The molecule has 2 rings (SSSR count). The Bertz CT molecular complexity index is 696. The Labute approximate surface area is 136 Å². The van der Waals surface area contributed by atoms with Gasteiger partial charge in [-0.2, -0.15) is 0 Å². The van der Waals surface area contributed by atoms with Crippen LogP contribution in [0, 0.1) is 5.82 Å². The molecule has 0 aromatic heterocycles. The van der Waals surface area contributed by atoms with E-state index in [0.29, 0.717) is 5.56 Å². The molecule has 0 aliphatic heterocycles. The Morgan fingerprint density at radius 1 is 1.14 bits per heavy atom. The lowest BCUT2D eigenvalue weighted by Crippen LogP contribution is -2.14. The number of ether oxygens (including phenoxy) is 1. The third-order valence-corrected chi connectivity index (χ3v) is 3.83. The fourth-order valence-corrected chi connectivity index (χ4v) is 2.39. The number of benzene rings is 2. The van der Waals surface area contributed by atoms with Crippen molar-refractivity contribution in [3.8, 4) is 0 Å². The van der Waals surface area contributed by atoms with Crippen molar-refractivity contribution < 1.29 is 18.7 Å². The highest BCUT2D eigenvalue weighted by Crippen LogP contribution is 2.19. The van der Waals surface area contributed by atoms with Crippen molar-refractivity contribution in [2.75, 3.05) is 6.61 Å². The zero-order chi connectivity index (χ0) is 16.1. The molecule has 0 unspecified atom stereocenters. The second kappa shape index (κ2) is 7.31. The lowest BCUT2D eigenvalue weighted by Gasteiger charge is -2.06. The third kappa shape index (κ3) is 4.01. The summed E-state index contributed by atoms with van der Waals surface area (Å²) in [4.78, 5) is 23.9. The van der Waals surface area contributed by atoms with Gasteiger partial charge in [-0.1, -0.05) is 31.2 Å². The van der Waals surface area contributed by atoms with Crippen LogP contribution in [0.1, 0.15) is 33.2 Å². The van der Waals surface area contributed by atoms with E-state index in [2.05, 4.69) is 15.9 Å². The first-order chi connectivity index (χ1) is 10.5. The molecule has 0 aliphatic carbocycles. The molecule has 2 aromatic carbocycles. The quantitative estimate of drug-likeness (QED) is 0.590. The molecule has 0 heterocycles. The SMILES string of the molecule is CCc1ccc(C(=O)COC(=O)c2ccc(F)cc2Br)cc1. The van der Waals surface area contributed by atoms with E-state index >= 15 is 0 Å². The van der Waals surface area contributed by atoms with E-state index in [4.69, 9.17) is 4.74 Å². The molecule has 0 amide bonds. The van der Waals surface area contributed by atoms with Gasteiger partial charge in [0.1, 0.15) is 5.82 Å². The van der Waals surface area contributed by atoms with Gasteiger partial charge in [0.25, 0.3) is 0 Å². The van der Waals surface area contributed by atoms with Crippen LogP contribution in [-0.2, 0) is 11.2 Å². The minimum atomic E-state index is -0.676. The van der Waals surface area contributed by atoms with Crippen molar-refractivity contribution in [3.05, 3.63) is 69.4 Å². The number of hydrogen-bond acceptors (Lipinski definition) is 3. The summed E-state index contributed by atoms with van der Waals surface area (Å²) in [5, 5.41) is 0. The maximum absolute atomic E-state index is 13.0. The summed E-state index contributed by atoms with van der Waals surface area (Å²) < 4.78 is 18.2. The standard InChI is InChI=1S/C17H14BrFO3/c1-2-11-3-5-12(6-4-11)16(20)10-22-17(21)14-8-7-13(19)9-15(14)18/h3-9H,2,10H2,1H3. The zero-order valence-corrected chi connectivity index (χ0v) is 13.5. The average Bonchev–Trinajstić information content (AvgIpc) is 2.52. The van der Waals surface area contributed by atoms with Gasteiger partial charge < -0.3 is 4.74 Å². The fraction of sp³-hybridized carbons (Fsp3) is 0.176. The van der Waals surface area contributed by atoms with Crippen molar-refractivity contribution in [1.29, 1.82) is 0 Å². The largest absolute Gasteiger partial charge is 0.454 e. The number of rotatable bonds is 5. The van der Waals surface area contributed by atoms with Crippen molar-refractivity contribution >= 4 is 27.7 Å². The number of halogens is 2. The van der Waals surface area contributed by atoms with Crippen LogP contribution >= 0.6 is 15.9 Å². The number of Topliss-reactive ketones (excluding diaryl/α,β-unsaturated/α-hetero) is 1. The van der Waals surface area contributed by atoms with Gasteiger partial charge >= 0.3 is 5.97 Å². The predicted molar refractivity (Wildman–Crippen MR) is 84.5 cm³/mol. The molecule has 114 valence electrons. The molecule has 0 saturated carbocycles. The molecule has 3 nitrogen and oxygen atoms in total. The lowest BCUT2D eigenvalue weighted by atomic mass is 10.1. The molecule has 5 heteroatoms. The van der Waals surface area contributed by atoms with Crippen molar-refractivity contribution in [3.63, 3.8) is 0 Å². The van der Waals surface area contributed by atoms with Gasteiger partial charge in [0.05, 0.1) is 5.56 Å². The molecule has 0 N–H and O–H groups in total. The Morgan fingerprint density at radius 3 is 2.41 bits per heavy atom. The highest BCUT2D eigenvalue weighted by molar-refractivity contribution is 9.10. The molecule has 2 aromatic rings. The lowest BCUT2D eigenvalue weighted by molar-refractivity contribution is 0.0474. The average molecular weight is 365 g/mol. The van der Waals surface area contributed by atoms with Gasteiger partial charge in [-0.05, 0) is 46.1 Å². The number of hydrogen-bond donors (Lipinski definition) is 0. The van der Waals surface area contributed by atoms with Crippen molar-refractivity contribution in [2.24, 2.45) is 0 Å². The molecular weight excluding hydrogens is 351 g/mol. The van der Waals surface area contributed by atoms with Gasteiger partial charge in [-0.3, -0.25) is 4.79 Å². The summed E-state index contributed by atoms with van der Waals surface area (Å²) in [6.45, 7) is 1.67. The van der Waals surface area contributed by atoms with E-state index in [9.17, 15) is 14.0 Å². The number of carbonyl (C=O) groups excluding carboxylic acids is 2. The Hall–Kier alpha value is -2.01. The van der Waals surface area contributed by atoms with E-state index in [0.717, 1.165) is 18.1 Å². The molecule has 0 aliphatic rings. The number of carbonyl (C=O) groups is 2. The van der Waals surface area contributed by atoms with Crippen LogP contribution < -0.4 is 0 Å². The minimum absolute atomic E-state index is 0.176. The maximum Gasteiger partial charge on any atom is 0.339 e. The van der Waals surface area contributed by atoms with E-state index < -0.39 is 11.8 Å². The Kier molecular flexibility index (Phi) is 5.44. The molecule has 0 atom stereocenters. The zero-order valence-electron chi connectivity index (χ0n) is 11.9. The topological polar surface area (TPSA) is 43.4 Å². The smallest absolute Gasteiger partial charge is 0.339 e. The molecule has 0 spiro atoms. The first-order valence-electron chi connectivity index (χ1n) is 6.75. The van der Waals surface area contributed by atoms with E-state index in [1.807, 2.05) is 19.1 Å². The number of aryl methyl sites for hydroxylation is 1. The number of esters is 1. The van der Waals surface area contributed by atoms with Crippen LogP contribution in [0.4, 0.5) is 4.39 Å². The monoisotopic (exact) mass is 364 g/mol. The van der Waals surface area contributed by atoms with Crippen molar-refractivity contribution in [1.82, 2.24) is 0 Å². The van der Waals surface area contributed by atoms with E-state index in [-0.39, 0.29) is 22.4 Å². The van der Waals surface area contributed by atoms with Crippen LogP contribution in [0.5, 0.6) is 0 Å². The number of ketones is 1. The molecule has 22 heavy (non-hydrogen) atoms. The van der Waals surface area contributed by atoms with Gasteiger partial charge in [0.15, 0.2) is 12.4 Å². The summed E-state index contributed by atoms with van der Waals surface area (Å²) in [5.74, 6) is -1.42. The second-order valence-corrected chi connectivity index (χ2v) is 5.53. The van der Waals surface area contributed by atoms with Gasteiger partial charge in [-0.15, -0.1) is 0 Å². The highest BCUT2D eigenvalue weighted by atomic mass is 79.9.